The van der Waals surface area contributed by atoms with Gasteiger partial charge in [-0.05, 0) is 31.2 Å². The van der Waals surface area contributed by atoms with Gasteiger partial charge in [0.1, 0.15) is 0 Å². The SMILES string of the molecule is CSC1(Cn2cccc2)CC1. The molecule has 1 aliphatic rings. The molecule has 2 heteroatoms. The van der Waals surface area contributed by atoms with Crippen LogP contribution in [0, 0.1) is 0 Å². The van der Waals surface area contributed by atoms with Crippen molar-refractivity contribution >= 4 is 11.8 Å². The van der Waals surface area contributed by atoms with Crippen LogP contribution in [-0.4, -0.2) is 15.6 Å². The molecule has 0 amide bonds. The molecule has 0 aromatic carbocycles. The zero-order valence-corrected chi connectivity index (χ0v) is 7.60. The normalized spacial score (nSPS) is 20.1. The Morgan fingerprint density at radius 1 is 1.36 bits per heavy atom. The Balaban J connectivity index is 2.01. The highest BCUT2D eigenvalue weighted by Gasteiger charge is 2.41. The highest BCUT2D eigenvalue weighted by molar-refractivity contribution is 8.00. The van der Waals surface area contributed by atoms with Gasteiger partial charge in [0.2, 0.25) is 0 Å². The van der Waals surface area contributed by atoms with E-state index in [9.17, 15) is 0 Å². The first kappa shape index (κ1) is 7.29. The zero-order valence-electron chi connectivity index (χ0n) is 6.79. The maximum absolute atomic E-state index is 2.28. The van der Waals surface area contributed by atoms with Crippen molar-refractivity contribution in [1.29, 1.82) is 0 Å². The Labute approximate surface area is 71.8 Å². The molecular formula is C9H13NS. The van der Waals surface area contributed by atoms with Crippen LogP contribution in [0.2, 0.25) is 0 Å². The average Bonchev–Trinajstić information content (AvgIpc) is 2.59. The van der Waals surface area contributed by atoms with Gasteiger partial charge in [-0.2, -0.15) is 11.8 Å². The van der Waals surface area contributed by atoms with Gasteiger partial charge in [-0.3, -0.25) is 0 Å². The number of aromatic nitrogens is 1. The molecule has 11 heavy (non-hydrogen) atoms. The van der Waals surface area contributed by atoms with Crippen LogP contribution in [0.4, 0.5) is 0 Å². The minimum atomic E-state index is 0.596. The smallest absolute Gasteiger partial charge is 0.0367 e. The van der Waals surface area contributed by atoms with E-state index in [0.29, 0.717) is 4.75 Å². The van der Waals surface area contributed by atoms with Gasteiger partial charge < -0.3 is 4.57 Å². The van der Waals surface area contributed by atoms with E-state index in [1.807, 2.05) is 11.8 Å². The Bertz CT molecular complexity index is 224. The summed E-state index contributed by atoms with van der Waals surface area (Å²) in [5.41, 5.74) is 0. The van der Waals surface area contributed by atoms with Crippen LogP contribution in [-0.2, 0) is 6.54 Å². The molecule has 1 aliphatic carbocycles. The molecule has 0 spiro atoms. The van der Waals surface area contributed by atoms with Crippen LogP contribution in [0.3, 0.4) is 0 Å². The minimum absolute atomic E-state index is 0.596. The number of hydrogen-bond donors (Lipinski definition) is 0. The molecule has 1 heterocycles. The maximum atomic E-state index is 2.28. The van der Waals surface area contributed by atoms with E-state index in [-0.39, 0.29) is 0 Å². The second-order valence-electron chi connectivity index (χ2n) is 3.24. The van der Waals surface area contributed by atoms with Gasteiger partial charge in [-0.25, -0.2) is 0 Å². The lowest BCUT2D eigenvalue weighted by atomic mass is 10.4. The molecule has 1 aromatic rings. The summed E-state index contributed by atoms with van der Waals surface area (Å²) >= 11 is 2.02. The van der Waals surface area contributed by atoms with Crippen molar-refractivity contribution in [3.63, 3.8) is 0 Å². The lowest BCUT2D eigenvalue weighted by Crippen LogP contribution is -2.11. The van der Waals surface area contributed by atoms with E-state index in [1.54, 1.807) is 0 Å². The van der Waals surface area contributed by atoms with Gasteiger partial charge in [0.15, 0.2) is 0 Å². The molecule has 0 unspecified atom stereocenters. The summed E-state index contributed by atoms with van der Waals surface area (Å²) in [7, 11) is 0. The van der Waals surface area contributed by atoms with Crippen molar-refractivity contribution in [3.05, 3.63) is 24.5 Å². The first-order valence-corrected chi connectivity index (χ1v) is 5.23. The summed E-state index contributed by atoms with van der Waals surface area (Å²) in [6.07, 6.45) is 9.31. The second kappa shape index (κ2) is 2.59. The number of hydrogen-bond acceptors (Lipinski definition) is 1. The molecule has 2 rings (SSSR count). The predicted molar refractivity (Wildman–Crippen MR) is 49.9 cm³/mol. The monoisotopic (exact) mass is 167 g/mol. The van der Waals surface area contributed by atoms with E-state index in [4.69, 9.17) is 0 Å². The van der Waals surface area contributed by atoms with Crippen molar-refractivity contribution in [2.45, 2.75) is 24.1 Å². The third kappa shape index (κ3) is 1.45. The molecule has 1 aromatic heterocycles. The molecule has 60 valence electrons. The summed E-state index contributed by atoms with van der Waals surface area (Å²) in [5.74, 6) is 0. The first-order chi connectivity index (χ1) is 5.35. The van der Waals surface area contributed by atoms with Crippen LogP contribution >= 0.6 is 11.8 Å². The van der Waals surface area contributed by atoms with Crippen LogP contribution in [0.5, 0.6) is 0 Å². The second-order valence-corrected chi connectivity index (χ2v) is 4.52. The van der Waals surface area contributed by atoms with Gasteiger partial charge in [-0.15, -0.1) is 0 Å². The lowest BCUT2D eigenvalue weighted by molar-refractivity contribution is 0.665. The Morgan fingerprint density at radius 3 is 2.45 bits per heavy atom. The van der Waals surface area contributed by atoms with Crippen molar-refractivity contribution in [1.82, 2.24) is 4.57 Å². The van der Waals surface area contributed by atoms with Crippen LogP contribution < -0.4 is 0 Å². The minimum Gasteiger partial charge on any atom is -0.353 e. The van der Waals surface area contributed by atoms with Crippen LogP contribution in [0.1, 0.15) is 12.8 Å². The highest BCUT2D eigenvalue weighted by Crippen LogP contribution is 2.48. The molecule has 1 nitrogen and oxygen atoms in total. The topological polar surface area (TPSA) is 4.93 Å². The van der Waals surface area contributed by atoms with Crippen molar-refractivity contribution < 1.29 is 0 Å². The summed E-state index contributed by atoms with van der Waals surface area (Å²) in [6, 6.07) is 4.19. The molecule has 0 aliphatic heterocycles. The van der Waals surface area contributed by atoms with Gasteiger partial charge in [0, 0.05) is 23.7 Å². The average molecular weight is 167 g/mol. The van der Waals surface area contributed by atoms with E-state index >= 15 is 0 Å². The number of rotatable bonds is 3. The largest absolute Gasteiger partial charge is 0.353 e. The Kier molecular flexibility index (Phi) is 1.72. The van der Waals surface area contributed by atoms with Crippen LogP contribution in [0.25, 0.3) is 0 Å². The fourth-order valence-electron chi connectivity index (χ4n) is 1.37. The van der Waals surface area contributed by atoms with E-state index in [2.05, 4.69) is 35.3 Å². The standard InChI is InChI=1S/C9H13NS/c1-11-9(4-5-9)8-10-6-2-3-7-10/h2-3,6-7H,4-5,8H2,1H3. The van der Waals surface area contributed by atoms with E-state index in [1.165, 1.54) is 19.4 Å². The highest BCUT2D eigenvalue weighted by atomic mass is 32.2. The van der Waals surface area contributed by atoms with Crippen LogP contribution in [0.15, 0.2) is 24.5 Å². The summed E-state index contributed by atoms with van der Waals surface area (Å²) in [6.45, 7) is 1.20. The molecule has 0 radical (unpaired) electrons. The summed E-state index contributed by atoms with van der Waals surface area (Å²) in [5, 5.41) is 0. The summed E-state index contributed by atoms with van der Waals surface area (Å²) in [4.78, 5) is 0. The molecular weight excluding hydrogens is 154 g/mol. The zero-order chi connectivity index (χ0) is 7.73. The third-order valence-electron chi connectivity index (χ3n) is 2.38. The first-order valence-electron chi connectivity index (χ1n) is 4.01. The number of thioether (sulfide) groups is 1. The predicted octanol–water partition coefficient (Wildman–Crippen LogP) is 2.38. The van der Waals surface area contributed by atoms with Gasteiger partial charge in [0.25, 0.3) is 0 Å². The summed E-state index contributed by atoms with van der Waals surface area (Å²) < 4.78 is 2.88. The lowest BCUT2D eigenvalue weighted by Gasteiger charge is -2.12. The fraction of sp³-hybridized carbons (Fsp3) is 0.556. The Hall–Kier alpha value is -0.370. The molecule has 0 N–H and O–H groups in total. The molecule has 0 bridgehead atoms. The van der Waals surface area contributed by atoms with Gasteiger partial charge >= 0.3 is 0 Å². The van der Waals surface area contributed by atoms with E-state index in [0.717, 1.165) is 0 Å². The third-order valence-corrected chi connectivity index (χ3v) is 3.78. The van der Waals surface area contributed by atoms with Gasteiger partial charge in [-0.1, -0.05) is 0 Å². The van der Waals surface area contributed by atoms with Gasteiger partial charge in [0.05, 0.1) is 0 Å². The molecule has 1 fully saturated rings. The fourth-order valence-corrected chi connectivity index (χ4v) is 2.16. The number of nitrogens with zero attached hydrogens (tertiary/aromatic N) is 1. The molecule has 1 saturated carbocycles. The van der Waals surface area contributed by atoms with Crippen molar-refractivity contribution in [2.24, 2.45) is 0 Å². The van der Waals surface area contributed by atoms with Crippen molar-refractivity contribution in [3.8, 4) is 0 Å². The van der Waals surface area contributed by atoms with Crippen molar-refractivity contribution in [2.75, 3.05) is 6.26 Å². The van der Waals surface area contributed by atoms with E-state index < -0.39 is 0 Å². The molecule has 0 atom stereocenters. The maximum Gasteiger partial charge on any atom is 0.0367 e. The Morgan fingerprint density at radius 2 is 2.00 bits per heavy atom. The molecule has 0 saturated heterocycles. The quantitative estimate of drug-likeness (QED) is 0.669.